The molecule has 298 valence electrons. The molecule has 0 aliphatic heterocycles. The summed E-state index contributed by atoms with van der Waals surface area (Å²) in [5, 5.41) is 2.46. The van der Waals surface area contributed by atoms with E-state index in [9.17, 15) is 0 Å². The lowest BCUT2D eigenvalue weighted by Gasteiger charge is -2.30. The van der Waals surface area contributed by atoms with Crippen LogP contribution in [0.5, 0.6) is 0 Å². The van der Waals surface area contributed by atoms with Crippen molar-refractivity contribution in [1.82, 2.24) is 4.57 Å². The van der Waals surface area contributed by atoms with Crippen LogP contribution in [0.1, 0.15) is 0 Å². The molecular formula is C60H43N3. The lowest BCUT2D eigenvalue weighted by Crippen LogP contribution is -2.13. The highest BCUT2D eigenvalue weighted by Crippen LogP contribution is 2.45. The molecule has 0 atom stereocenters. The molecule has 3 heteroatoms. The van der Waals surface area contributed by atoms with Gasteiger partial charge in [0.05, 0.1) is 11.0 Å². The third-order valence-corrected chi connectivity index (χ3v) is 11.9. The molecule has 0 bridgehead atoms. The largest absolute Gasteiger partial charge is 0.310 e. The Morgan fingerprint density at radius 2 is 0.603 bits per heavy atom. The third-order valence-electron chi connectivity index (χ3n) is 11.9. The number of hydrogen-bond donors (Lipinski definition) is 0. The monoisotopic (exact) mass is 805 g/mol. The van der Waals surface area contributed by atoms with Crippen LogP contribution in [0.2, 0.25) is 0 Å². The summed E-state index contributed by atoms with van der Waals surface area (Å²) in [5.74, 6) is 0. The van der Waals surface area contributed by atoms with E-state index in [2.05, 4.69) is 275 Å². The number of nitrogens with zero attached hydrogens (tertiary/aromatic N) is 3. The molecule has 1 heterocycles. The van der Waals surface area contributed by atoms with Gasteiger partial charge in [0.25, 0.3) is 0 Å². The molecule has 0 saturated carbocycles. The van der Waals surface area contributed by atoms with E-state index in [4.69, 9.17) is 0 Å². The number of para-hydroxylation sites is 6. The van der Waals surface area contributed by atoms with Crippen molar-refractivity contribution in [2.24, 2.45) is 0 Å². The fourth-order valence-corrected chi connectivity index (χ4v) is 8.99. The first-order chi connectivity index (χ1) is 31.2. The van der Waals surface area contributed by atoms with Crippen molar-refractivity contribution in [3.05, 3.63) is 261 Å². The summed E-state index contributed by atoms with van der Waals surface area (Å²) in [6, 6.07) is 93.9. The summed E-state index contributed by atoms with van der Waals surface area (Å²) in [5.41, 5.74) is 16.9. The Morgan fingerprint density at radius 1 is 0.222 bits per heavy atom. The van der Waals surface area contributed by atoms with Gasteiger partial charge in [-0.2, -0.15) is 0 Å². The van der Waals surface area contributed by atoms with Crippen molar-refractivity contribution in [3.63, 3.8) is 0 Å². The minimum atomic E-state index is 1.05. The maximum atomic E-state index is 2.38. The van der Waals surface area contributed by atoms with E-state index in [0.717, 1.165) is 62.1 Å². The summed E-state index contributed by atoms with van der Waals surface area (Å²) in [6.07, 6.45) is 0. The third kappa shape index (κ3) is 7.32. The summed E-state index contributed by atoms with van der Waals surface area (Å²) >= 11 is 0. The highest BCUT2D eigenvalue weighted by atomic mass is 15.2. The molecule has 11 rings (SSSR count). The molecule has 0 spiro atoms. The van der Waals surface area contributed by atoms with Gasteiger partial charge < -0.3 is 14.4 Å². The first-order valence-corrected chi connectivity index (χ1v) is 21.5. The minimum Gasteiger partial charge on any atom is -0.310 e. The van der Waals surface area contributed by atoms with Crippen LogP contribution < -0.4 is 9.80 Å². The van der Waals surface area contributed by atoms with Crippen molar-refractivity contribution in [2.45, 2.75) is 0 Å². The van der Waals surface area contributed by atoms with Crippen LogP contribution in [0.3, 0.4) is 0 Å². The van der Waals surface area contributed by atoms with Crippen molar-refractivity contribution >= 4 is 55.9 Å². The quantitative estimate of drug-likeness (QED) is 0.136. The molecule has 11 aromatic rings. The normalized spacial score (nSPS) is 11.2. The van der Waals surface area contributed by atoms with Gasteiger partial charge in [-0.1, -0.05) is 146 Å². The Bertz CT molecular complexity index is 3130. The second-order valence-corrected chi connectivity index (χ2v) is 15.8. The number of anilines is 6. The predicted molar refractivity (Wildman–Crippen MR) is 266 cm³/mol. The minimum absolute atomic E-state index is 1.05. The Hall–Kier alpha value is -8.40. The highest BCUT2D eigenvalue weighted by molar-refractivity contribution is 6.10. The van der Waals surface area contributed by atoms with E-state index in [1.807, 2.05) is 0 Å². The van der Waals surface area contributed by atoms with Crippen molar-refractivity contribution in [3.8, 4) is 39.1 Å². The average Bonchev–Trinajstić information content (AvgIpc) is 3.69. The zero-order valence-electron chi connectivity index (χ0n) is 34.7. The highest BCUT2D eigenvalue weighted by Gasteiger charge is 2.20. The summed E-state index contributed by atoms with van der Waals surface area (Å²) in [4.78, 5) is 4.72. The van der Waals surface area contributed by atoms with Crippen LogP contribution >= 0.6 is 0 Å². The van der Waals surface area contributed by atoms with Crippen LogP contribution in [0, 0.1) is 0 Å². The molecule has 0 N–H and O–H groups in total. The van der Waals surface area contributed by atoms with Crippen molar-refractivity contribution < 1.29 is 0 Å². The maximum absolute atomic E-state index is 2.38. The van der Waals surface area contributed by atoms with E-state index in [0.29, 0.717) is 0 Å². The predicted octanol–water partition coefficient (Wildman–Crippen LogP) is 16.7. The number of rotatable bonds is 10. The molecule has 0 saturated heterocycles. The van der Waals surface area contributed by atoms with Gasteiger partial charge in [0.15, 0.2) is 0 Å². The lowest BCUT2D eigenvalue weighted by atomic mass is 9.92. The Labute approximate surface area is 368 Å². The second-order valence-electron chi connectivity index (χ2n) is 15.8. The first-order valence-electron chi connectivity index (χ1n) is 21.5. The molecule has 63 heavy (non-hydrogen) atoms. The summed E-state index contributed by atoms with van der Waals surface area (Å²) in [7, 11) is 0. The number of aromatic nitrogens is 1. The SMILES string of the molecule is c1ccc(-c2cc(-c3cc(N(c4ccccc4)c4ccccc4)cc(N(c4ccccc4)c4ccccc4)c3)cc(-c3ccc4c(c3)c3ccccc3n4-c3ccccc3)c2)cc1. The van der Waals surface area contributed by atoms with Crippen LogP contribution in [0.4, 0.5) is 34.1 Å². The van der Waals surface area contributed by atoms with Crippen LogP contribution in [0.25, 0.3) is 60.9 Å². The maximum Gasteiger partial charge on any atom is 0.0541 e. The van der Waals surface area contributed by atoms with Crippen molar-refractivity contribution in [2.75, 3.05) is 9.80 Å². The van der Waals surface area contributed by atoms with Gasteiger partial charge >= 0.3 is 0 Å². The molecule has 10 aromatic carbocycles. The van der Waals surface area contributed by atoms with Crippen LogP contribution in [0.15, 0.2) is 261 Å². The Kier molecular flexibility index (Phi) is 9.89. The average molecular weight is 806 g/mol. The number of fused-ring (bicyclic) bond motifs is 3. The molecule has 0 amide bonds. The van der Waals surface area contributed by atoms with E-state index < -0.39 is 0 Å². The topological polar surface area (TPSA) is 11.4 Å². The second kappa shape index (κ2) is 16.6. The molecule has 0 fully saturated rings. The zero-order chi connectivity index (χ0) is 42.0. The smallest absolute Gasteiger partial charge is 0.0541 e. The molecule has 0 radical (unpaired) electrons. The fraction of sp³-hybridized carbons (Fsp3) is 0. The molecule has 3 nitrogen and oxygen atoms in total. The zero-order valence-corrected chi connectivity index (χ0v) is 34.7. The van der Waals surface area contributed by atoms with Crippen LogP contribution in [-0.4, -0.2) is 4.57 Å². The van der Waals surface area contributed by atoms with E-state index in [-0.39, 0.29) is 0 Å². The summed E-state index contributed by atoms with van der Waals surface area (Å²) < 4.78 is 2.38. The van der Waals surface area contributed by atoms with Gasteiger partial charge in [0, 0.05) is 50.6 Å². The van der Waals surface area contributed by atoms with Gasteiger partial charge in [-0.05, 0) is 149 Å². The number of benzene rings is 10. The van der Waals surface area contributed by atoms with E-state index in [1.54, 1.807) is 0 Å². The molecule has 1 aromatic heterocycles. The lowest BCUT2D eigenvalue weighted by molar-refractivity contribution is 1.18. The molecule has 0 aliphatic rings. The van der Waals surface area contributed by atoms with Gasteiger partial charge in [-0.15, -0.1) is 0 Å². The fourth-order valence-electron chi connectivity index (χ4n) is 8.99. The van der Waals surface area contributed by atoms with Crippen LogP contribution in [-0.2, 0) is 0 Å². The van der Waals surface area contributed by atoms with Gasteiger partial charge in [0.1, 0.15) is 0 Å². The van der Waals surface area contributed by atoms with Gasteiger partial charge in [0.2, 0.25) is 0 Å². The molecule has 0 aliphatic carbocycles. The molecular weight excluding hydrogens is 763 g/mol. The number of hydrogen-bond acceptors (Lipinski definition) is 2. The Morgan fingerprint density at radius 3 is 1.11 bits per heavy atom. The van der Waals surface area contributed by atoms with Gasteiger partial charge in [-0.3, -0.25) is 0 Å². The first kappa shape index (κ1) is 37.6. The van der Waals surface area contributed by atoms with E-state index in [1.165, 1.54) is 32.9 Å². The summed E-state index contributed by atoms with van der Waals surface area (Å²) in [6.45, 7) is 0. The molecule has 0 unspecified atom stereocenters. The standard InChI is InChI=1S/C60H43N3/c1-7-21-44(22-8-1)46-37-47(45-35-36-60-58(42-45)57-33-19-20-34-59(57)63(60)54-31-17-6-18-32-54)39-48(38-46)49-40-55(61(50-23-9-2-10-24-50)51-25-11-3-12-26-51)43-56(41-49)62(52-27-13-4-14-28-52)53-29-15-5-16-30-53/h1-43H. The van der Waals surface area contributed by atoms with Crippen molar-refractivity contribution in [1.29, 1.82) is 0 Å². The van der Waals surface area contributed by atoms with Gasteiger partial charge in [-0.25, -0.2) is 0 Å². The Balaban J connectivity index is 1.16. The van der Waals surface area contributed by atoms with E-state index >= 15 is 0 Å².